The van der Waals surface area contributed by atoms with Gasteiger partial charge in [-0.3, -0.25) is 9.88 Å². The van der Waals surface area contributed by atoms with E-state index in [4.69, 9.17) is 19.4 Å². The molecule has 7 rings (SSSR count). The number of hydrogen-bond acceptors (Lipinski definition) is 15. The summed E-state index contributed by atoms with van der Waals surface area (Å²) >= 11 is -1.44. The number of hydrogen-bond donors (Lipinski definition) is 1. The third kappa shape index (κ3) is 9.04. The fourth-order valence-electron chi connectivity index (χ4n) is 7.04. The highest BCUT2D eigenvalue weighted by atomic mass is 32.2. The van der Waals surface area contributed by atoms with Gasteiger partial charge in [-0.15, -0.1) is 4.91 Å². The van der Waals surface area contributed by atoms with Crippen molar-refractivity contribution in [3.05, 3.63) is 47.5 Å². The van der Waals surface area contributed by atoms with E-state index in [0.29, 0.717) is 86.6 Å². The molecule has 4 aromatic rings. The number of morpholine rings is 1. The van der Waals surface area contributed by atoms with Crippen molar-refractivity contribution in [3.63, 3.8) is 0 Å². The molecule has 2 saturated heterocycles. The number of aromatic nitrogens is 6. The van der Waals surface area contributed by atoms with Crippen molar-refractivity contribution in [1.29, 1.82) is 0 Å². The molecule has 20 heteroatoms. The van der Waals surface area contributed by atoms with Gasteiger partial charge in [0.25, 0.3) is 5.95 Å². The molecule has 1 saturated carbocycles. The molecule has 3 fully saturated rings. The highest BCUT2D eigenvalue weighted by Gasteiger charge is 2.32. The van der Waals surface area contributed by atoms with E-state index in [-0.39, 0.29) is 24.6 Å². The molecule has 4 aromatic heterocycles. The van der Waals surface area contributed by atoms with Crippen LogP contribution in [0.4, 0.5) is 42.3 Å². The normalized spacial score (nSPS) is 20.6. The standard InChI is InChI=1S/C34H43F3N12O4S/c1-45-26(20-41-33(45)44-50)21-49(54(2)51)24-15-28-29(38-17-24)16-30(48-11-13-52-14-12-48)43-31(28)53-27-5-3-23(4-6-27)42-32-39-18-25(19-40-32)47-9-7-46(8-10-47)22-34(35,36)37/h15-20,23,27H,3-14,21-22H2,1-2H3,(H,39,40,42). The molecule has 16 nitrogen and oxygen atoms in total. The Kier molecular flexibility index (Phi) is 11.5. The second-order valence-corrected chi connectivity index (χ2v) is 15.0. The first-order valence-electron chi connectivity index (χ1n) is 17.9. The van der Waals surface area contributed by atoms with Crippen molar-refractivity contribution < 1.29 is 27.2 Å². The predicted octanol–water partition coefficient (Wildman–Crippen LogP) is 4.17. The number of nitrogens with zero attached hydrogens (tertiary/aromatic N) is 11. The molecule has 1 unspecified atom stereocenters. The van der Waals surface area contributed by atoms with Crippen molar-refractivity contribution in [1.82, 2.24) is 34.4 Å². The first-order chi connectivity index (χ1) is 26.0. The molecule has 0 aromatic carbocycles. The zero-order valence-electron chi connectivity index (χ0n) is 30.1. The fourth-order valence-corrected chi connectivity index (χ4v) is 7.75. The smallest absolute Gasteiger partial charge is 0.401 e. The summed E-state index contributed by atoms with van der Waals surface area (Å²) in [6.07, 6.45) is 7.06. The van der Waals surface area contributed by atoms with Crippen molar-refractivity contribution in [2.24, 2.45) is 12.2 Å². The monoisotopic (exact) mass is 772 g/mol. The van der Waals surface area contributed by atoms with Gasteiger partial charge in [0, 0.05) is 63.6 Å². The Morgan fingerprint density at radius 2 is 1.70 bits per heavy atom. The van der Waals surface area contributed by atoms with Gasteiger partial charge >= 0.3 is 6.18 Å². The maximum absolute atomic E-state index is 13.0. The van der Waals surface area contributed by atoms with Gasteiger partial charge in [-0.1, -0.05) is 0 Å². The summed E-state index contributed by atoms with van der Waals surface area (Å²) in [5.41, 5.74) is 2.73. The van der Waals surface area contributed by atoms with Gasteiger partial charge in [0.05, 0.1) is 78.2 Å². The number of ether oxygens (including phenoxy) is 2. The zero-order valence-corrected chi connectivity index (χ0v) is 30.9. The minimum Gasteiger partial charge on any atom is -0.593 e. The highest BCUT2D eigenvalue weighted by Crippen LogP contribution is 2.35. The maximum atomic E-state index is 13.0. The first kappa shape index (κ1) is 37.8. The van der Waals surface area contributed by atoms with Crippen LogP contribution in [0.2, 0.25) is 0 Å². The van der Waals surface area contributed by atoms with Gasteiger partial charge < -0.3 is 33.7 Å². The Balaban J connectivity index is 1.02. The van der Waals surface area contributed by atoms with Crippen LogP contribution in [-0.4, -0.2) is 123 Å². The average Bonchev–Trinajstić information content (AvgIpc) is 3.53. The van der Waals surface area contributed by atoms with E-state index in [0.717, 1.165) is 37.2 Å². The van der Waals surface area contributed by atoms with Gasteiger partial charge in [-0.2, -0.15) is 22.5 Å². The molecule has 6 heterocycles. The molecule has 0 radical (unpaired) electrons. The van der Waals surface area contributed by atoms with Gasteiger partial charge in [0.1, 0.15) is 30.4 Å². The number of alkyl halides is 3. The van der Waals surface area contributed by atoms with Crippen LogP contribution >= 0.6 is 0 Å². The van der Waals surface area contributed by atoms with Crippen molar-refractivity contribution >= 4 is 51.4 Å². The predicted molar refractivity (Wildman–Crippen MR) is 199 cm³/mol. The highest BCUT2D eigenvalue weighted by molar-refractivity contribution is 7.92. The van der Waals surface area contributed by atoms with Crippen LogP contribution in [0, 0.1) is 4.91 Å². The molecule has 3 aliphatic rings. The molecule has 1 N–H and O–H groups in total. The number of nitrogens with one attached hydrogen (secondary N) is 1. The SMILES string of the molecule is Cn1c(CN(c2cnc3cc(N4CCOCC4)nc(OC4CCC(Nc5ncc(N6CCN(CC(F)(F)F)CC6)cn5)CC4)c3c2)[S+](C)[O-])cnc1N=O. The van der Waals surface area contributed by atoms with E-state index < -0.39 is 24.1 Å². The Hall–Kier alpha value is -4.53. The van der Waals surface area contributed by atoms with Gasteiger partial charge in [0.2, 0.25) is 11.8 Å². The quantitative estimate of drug-likeness (QED) is 0.161. The van der Waals surface area contributed by atoms with Crippen LogP contribution < -0.4 is 24.2 Å². The van der Waals surface area contributed by atoms with Crippen LogP contribution in [-0.2, 0) is 29.7 Å². The van der Waals surface area contributed by atoms with Gasteiger partial charge in [-0.25, -0.2) is 15.0 Å². The number of halogens is 3. The van der Waals surface area contributed by atoms with Crippen LogP contribution in [0.25, 0.3) is 10.9 Å². The van der Waals surface area contributed by atoms with Crippen molar-refractivity contribution in [2.45, 2.75) is 50.6 Å². The lowest BCUT2D eigenvalue weighted by Gasteiger charge is -2.36. The summed E-state index contributed by atoms with van der Waals surface area (Å²) < 4.78 is 66.8. The summed E-state index contributed by atoms with van der Waals surface area (Å²) in [6.45, 7) is 3.52. The van der Waals surface area contributed by atoms with Gasteiger partial charge in [-0.05, 0) is 31.7 Å². The summed E-state index contributed by atoms with van der Waals surface area (Å²) in [6, 6.07) is 3.96. The fraction of sp³-hybridized carbons (Fsp3) is 0.559. The summed E-state index contributed by atoms with van der Waals surface area (Å²) in [4.78, 5) is 39.5. The van der Waals surface area contributed by atoms with Crippen LogP contribution in [0.3, 0.4) is 0 Å². The minimum absolute atomic E-state index is 0.0341. The number of nitroso groups, excluding NO2 is 1. The zero-order chi connectivity index (χ0) is 37.8. The van der Waals surface area contributed by atoms with Crippen LogP contribution in [0.1, 0.15) is 31.4 Å². The number of pyridine rings is 2. The van der Waals surface area contributed by atoms with E-state index in [2.05, 4.69) is 30.3 Å². The number of rotatable bonds is 12. The summed E-state index contributed by atoms with van der Waals surface area (Å²) in [5, 5.41) is 7.07. The molecule has 290 valence electrons. The largest absolute Gasteiger partial charge is 0.593 e. The lowest BCUT2D eigenvalue weighted by molar-refractivity contribution is -0.146. The summed E-state index contributed by atoms with van der Waals surface area (Å²) in [5.74, 6) is 1.74. The molecular formula is C34H43F3N12O4S. The molecule has 1 aliphatic carbocycles. The van der Waals surface area contributed by atoms with Gasteiger partial charge in [0.15, 0.2) is 0 Å². The second kappa shape index (κ2) is 16.5. The molecule has 2 aliphatic heterocycles. The van der Waals surface area contributed by atoms with Crippen molar-refractivity contribution in [2.75, 3.05) is 84.7 Å². The molecule has 0 spiro atoms. The van der Waals surface area contributed by atoms with E-state index in [1.807, 2.05) is 17.0 Å². The molecular weight excluding hydrogens is 730 g/mol. The maximum Gasteiger partial charge on any atom is 0.401 e. The van der Waals surface area contributed by atoms with E-state index in [9.17, 15) is 22.6 Å². The molecule has 1 atom stereocenters. The Morgan fingerprint density at radius 3 is 2.35 bits per heavy atom. The third-order valence-corrected chi connectivity index (χ3v) is 11.0. The first-order valence-corrected chi connectivity index (χ1v) is 19.4. The van der Waals surface area contributed by atoms with Crippen molar-refractivity contribution in [3.8, 4) is 5.88 Å². The number of imidazole rings is 1. The summed E-state index contributed by atoms with van der Waals surface area (Å²) in [7, 11) is 1.68. The van der Waals surface area contributed by atoms with E-state index in [1.54, 1.807) is 40.8 Å². The lowest BCUT2D eigenvalue weighted by atomic mass is 9.93. The molecule has 0 bridgehead atoms. The Labute approximate surface area is 313 Å². The van der Waals surface area contributed by atoms with Crippen LogP contribution in [0.5, 0.6) is 5.88 Å². The second-order valence-electron chi connectivity index (χ2n) is 13.7. The van der Waals surface area contributed by atoms with Crippen LogP contribution in [0.15, 0.2) is 42.1 Å². The van der Waals surface area contributed by atoms with E-state index in [1.165, 1.54) is 11.1 Å². The number of fused-ring (bicyclic) bond motifs is 1. The minimum atomic E-state index is -4.20. The molecule has 54 heavy (non-hydrogen) atoms. The topological polar surface area (TPSA) is 165 Å². The lowest BCUT2D eigenvalue weighted by Crippen LogP contribution is -2.49. The molecule has 0 amide bonds. The number of piperazine rings is 1. The average molecular weight is 773 g/mol. The Morgan fingerprint density at radius 1 is 0.981 bits per heavy atom. The third-order valence-electron chi connectivity index (χ3n) is 10.1. The Bertz CT molecular complexity index is 1880. The number of anilines is 4. The van der Waals surface area contributed by atoms with E-state index >= 15 is 0 Å².